The zero-order valence-corrected chi connectivity index (χ0v) is 17.7. The van der Waals surface area contributed by atoms with Gasteiger partial charge >= 0.3 is 0 Å². The summed E-state index contributed by atoms with van der Waals surface area (Å²) < 4.78 is 13.1. The lowest BCUT2D eigenvalue weighted by Crippen LogP contribution is -2.54. The van der Waals surface area contributed by atoms with Gasteiger partial charge in [-0.25, -0.2) is 4.39 Å². The maximum absolute atomic E-state index is 13.1. The number of amides is 2. The third-order valence-corrected chi connectivity index (χ3v) is 5.60. The van der Waals surface area contributed by atoms with E-state index in [9.17, 15) is 14.0 Å². The van der Waals surface area contributed by atoms with Crippen LogP contribution in [0.15, 0.2) is 42.5 Å². The van der Waals surface area contributed by atoms with Gasteiger partial charge in [-0.3, -0.25) is 14.5 Å². The van der Waals surface area contributed by atoms with Crippen molar-refractivity contribution in [1.29, 1.82) is 0 Å². The van der Waals surface area contributed by atoms with E-state index in [2.05, 4.69) is 20.4 Å². The number of hydrogen-bond acceptors (Lipinski definition) is 4. The van der Waals surface area contributed by atoms with Crippen LogP contribution in [-0.2, 0) is 9.59 Å². The molecule has 0 unspecified atom stereocenters. The molecule has 30 heavy (non-hydrogen) atoms. The largest absolute Gasteiger partial charge is 0.369 e. The minimum atomic E-state index is -0.326. The topological polar surface area (TPSA) is 64.7 Å². The second-order valence-electron chi connectivity index (χ2n) is 7.71. The highest BCUT2D eigenvalue weighted by molar-refractivity contribution is 5.96. The summed E-state index contributed by atoms with van der Waals surface area (Å²) in [6, 6.07) is 12.0. The summed E-state index contributed by atoms with van der Waals surface area (Å²) in [5, 5.41) is 5.62. The minimum absolute atomic E-state index is 0.0630. The van der Waals surface area contributed by atoms with E-state index in [4.69, 9.17) is 0 Å². The molecule has 0 aliphatic carbocycles. The fraction of sp³-hybridized carbons (Fsp3) is 0.391. The van der Waals surface area contributed by atoms with Crippen LogP contribution in [0.3, 0.4) is 0 Å². The molecule has 1 heterocycles. The van der Waals surface area contributed by atoms with Crippen LogP contribution >= 0.6 is 0 Å². The normalized spacial score (nSPS) is 15.5. The van der Waals surface area contributed by atoms with Gasteiger partial charge in [0, 0.05) is 37.6 Å². The van der Waals surface area contributed by atoms with E-state index >= 15 is 0 Å². The molecule has 2 amide bonds. The van der Waals surface area contributed by atoms with Crippen molar-refractivity contribution in [2.24, 2.45) is 0 Å². The van der Waals surface area contributed by atoms with Crippen LogP contribution in [0.5, 0.6) is 0 Å². The van der Waals surface area contributed by atoms with Crippen LogP contribution in [0.1, 0.15) is 18.1 Å². The monoisotopic (exact) mass is 412 g/mol. The van der Waals surface area contributed by atoms with Crippen molar-refractivity contribution < 1.29 is 14.0 Å². The number of benzene rings is 2. The zero-order chi connectivity index (χ0) is 21.7. The van der Waals surface area contributed by atoms with Gasteiger partial charge in [-0.15, -0.1) is 0 Å². The Morgan fingerprint density at radius 3 is 2.20 bits per heavy atom. The number of anilines is 2. The zero-order valence-electron chi connectivity index (χ0n) is 17.7. The van der Waals surface area contributed by atoms with Gasteiger partial charge in [0.2, 0.25) is 11.8 Å². The van der Waals surface area contributed by atoms with Crippen molar-refractivity contribution >= 4 is 23.2 Å². The van der Waals surface area contributed by atoms with Gasteiger partial charge in [-0.05, 0) is 56.2 Å². The van der Waals surface area contributed by atoms with Crippen molar-refractivity contribution in [3.05, 3.63) is 59.4 Å². The highest BCUT2D eigenvalue weighted by Crippen LogP contribution is 2.19. The number of aryl methyl sites for hydroxylation is 2. The average molecular weight is 413 g/mol. The number of halogens is 1. The second-order valence-corrected chi connectivity index (χ2v) is 7.71. The Hall–Kier alpha value is -2.93. The van der Waals surface area contributed by atoms with Crippen LogP contribution in [-0.4, -0.2) is 55.5 Å². The summed E-state index contributed by atoms with van der Waals surface area (Å²) >= 11 is 0. The van der Waals surface area contributed by atoms with Gasteiger partial charge in [0.05, 0.1) is 12.6 Å². The second kappa shape index (κ2) is 9.71. The first-order valence-corrected chi connectivity index (χ1v) is 10.2. The lowest BCUT2D eigenvalue weighted by molar-refractivity contribution is -0.128. The van der Waals surface area contributed by atoms with Crippen LogP contribution in [0.25, 0.3) is 0 Å². The number of carbonyl (C=O) groups excluding carboxylic acids is 2. The molecule has 1 aliphatic rings. The van der Waals surface area contributed by atoms with Crippen molar-refractivity contribution in [2.45, 2.75) is 26.8 Å². The van der Waals surface area contributed by atoms with Crippen LogP contribution in [0.4, 0.5) is 15.8 Å². The molecule has 2 N–H and O–H groups in total. The van der Waals surface area contributed by atoms with Crippen LogP contribution in [0, 0.1) is 19.7 Å². The highest BCUT2D eigenvalue weighted by Gasteiger charge is 2.26. The standard InChI is InChI=1S/C23H29FN4O2/c1-16-5-4-6-17(2)22(16)26-21(29)15-25-23(30)18(3)27-11-13-28(14-12-27)20-9-7-19(24)8-10-20/h4-10,18H,11-15H2,1-3H3,(H,25,30)(H,26,29)/t18-/m0/s1. The first-order valence-electron chi connectivity index (χ1n) is 10.2. The van der Waals surface area contributed by atoms with Crippen LogP contribution in [0.2, 0.25) is 0 Å². The van der Waals surface area contributed by atoms with Gasteiger partial charge < -0.3 is 15.5 Å². The van der Waals surface area contributed by atoms with Gasteiger partial charge in [0.1, 0.15) is 5.82 Å². The smallest absolute Gasteiger partial charge is 0.243 e. The van der Waals surface area contributed by atoms with Crippen molar-refractivity contribution in [3.8, 4) is 0 Å². The fourth-order valence-electron chi connectivity index (χ4n) is 3.70. The Labute approximate surface area is 177 Å². The van der Waals surface area contributed by atoms with E-state index in [1.165, 1.54) is 12.1 Å². The first kappa shape index (κ1) is 21.8. The van der Waals surface area contributed by atoms with Crippen molar-refractivity contribution in [3.63, 3.8) is 0 Å². The summed E-state index contributed by atoms with van der Waals surface area (Å²) in [4.78, 5) is 29.1. The average Bonchev–Trinajstić information content (AvgIpc) is 2.75. The van der Waals surface area contributed by atoms with Crippen molar-refractivity contribution in [2.75, 3.05) is 42.9 Å². The molecule has 1 fully saturated rings. The molecule has 3 rings (SSSR count). The third-order valence-electron chi connectivity index (χ3n) is 5.60. The molecule has 7 heteroatoms. The molecule has 2 aromatic rings. The van der Waals surface area contributed by atoms with E-state index in [-0.39, 0.29) is 30.2 Å². The van der Waals surface area contributed by atoms with Gasteiger partial charge in [-0.1, -0.05) is 18.2 Å². The summed E-state index contributed by atoms with van der Waals surface area (Å²) in [6.45, 7) is 8.64. The molecule has 1 aliphatic heterocycles. The summed E-state index contributed by atoms with van der Waals surface area (Å²) in [7, 11) is 0. The quantitative estimate of drug-likeness (QED) is 0.766. The van der Waals surface area contributed by atoms with Gasteiger partial charge in [-0.2, -0.15) is 0 Å². The molecule has 0 bridgehead atoms. The molecule has 6 nitrogen and oxygen atoms in total. The van der Waals surface area contributed by atoms with E-state index in [1.807, 2.05) is 39.0 Å². The maximum Gasteiger partial charge on any atom is 0.243 e. The molecule has 0 aromatic heterocycles. The molecule has 0 saturated carbocycles. The number of piperazine rings is 1. The summed E-state index contributed by atoms with van der Waals surface area (Å²) in [5.74, 6) is -0.653. The Bertz CT molecular complexity index is 872. The number of hydrogen-bond donors (Lipinski definition) is 2. The Morgan fingerprint density at radius 1 is 1.00 bits per heavy atom. The number of carbonyl (C=O) groups is 2. The summed E-state index contributed by atoms with van der Waals surface area (Å²) in [6.07, 6.45) is 0. The maximum atomic E-state index is 13.1. The first-order chi connectivity index (χ1) is 14.3. The van der Waals surface area contributed by atoms with Crippen molar-refractivity contribution in [1.82, 2.24) is 10.2 Å². The highest BCUT2D eigenvalue weighted by atomic mass is 19.1. The number of nitrogens with zero attached hydrogens (tertiary/aromatic N) is 2. The van der Waals surface area contributed by atoms with Gasteiger partial charge in [0.15, 0.2) is 0 Å². The summed E-state index contributed by atoms with van der Waals surface area (Å²) in [5.41, 5.74) is 3.75. The molecule has 0 spiro atoms. The number of nitrogens with one attached hydrogen (secondary N) is 2. The Morgan fingerprint density at radius 2 is 1.60 bits per heavy atom. The van der Waals surface area contributed by atoms with E-state index in [0.717, 1.165) is 48.7 Å². The number of para-hydroxylation sites is 1. The van der Waals surface area contributed by atoms with Gasteiger partial charge in [0.25, 0.3) is 0 Å². The predicted molar refractivity (Wildman–Crippen MR) is 117 cm³/mol. The Kier molecular flexibility index (Phi) is 7.05. The molecule has 160 valence electrons. The lowest BCUT2D eigenvalue weighted by Gasteiger charge is -2.38. The molecular formula is C23H29FN4O2. The molecule has 1 atom stereocenters. The molecule has 1 saturated heterocycles. The van der Waals surface area contributed by atoms with E-state index in [1.54, 1.807) is 12.1 Å². The minimum Gasteiger partial charge on any atom is -0.369 e. The molecular weight excluding hydrogens is 383 g/mol. The fourth-order valence-corrected chi connectivity index (χ4v) is 3.70. The number of rotatable bonds is 6. The molecule has 0 radical (unpaired) electrons. The third kappa shape index (κ3) is 5.36. The predicted octanol–water partition coefficient (Wildman–Crippen LogP) is 2.71. The Balaban J connectivity index is 1.45. The lowest BCUT2D eigenvalue weighted by atomic mass is 10.1. The molecule has 2 aromatic carbocycles. The van der Waals surface area contributed by atoms with Crippen LogP contribution < -0.4 is 15.5 Å². The SMILES string of the molecule is Cc1cccc(C)c1NC(=O)CNC(=O)[C@H](C)N1CCN(c2ccc(F)cc2)CC1. The van der Waals surface area contributed by atoms with E-state index in [0.29, 0.717) is 0 Å². The van der Waals surface area contributed by atoms with E-state index < -0.39 is 0 Å².